The summed E-state index contributed by atoms with van der Waals surface area (Å²) in [6.07, 6.45) is 0. The fraction of sp³-hybridized carbons (Fsp3) is 0.143. The molecular formula is C14H17NS. The Morgan fingerprint density at radius 1 is 0.812 bits per heavy atom. The topological polar surface area (TPSA) is 12.0 Å². The van der Waals surface area contributed by atoms with Gasteiger partial charge in [-0.25, -0.2) is 0 Å². The lowest BCUT2D eigenvalue weighted by Crippen LogP contribution is -2.09. The predicted octanol–water partition coefficient (Wildman–Crippen LogP) is 3.63. The van der Waals surface area contributed by atoms with E-state index in [1.165, 1.54) is 9.79 Å². The van der Waals surface area contributed by atoms with Crippen molar-refractivity contribution >= 4 is 11.1 Å². The standard InChI is InChI=1S/C14H17NS/c1-2-15-16(13-9-5-3-6-10-13)14-11-7-4-8-12-14/h3-12,15-16H,2H2,1H3. The van der Waals surface area contributed by atoms with Gasteiger partial charge in [-0.3, -0.25) is 4.72 Å². The quantitative estimate of drug-likeness (QED) is 0.766. The molecule has 0 unspecified atom stereocenters. The third-order valence-electron chi connectivity index (χ3n) is 2.35. The first kappa shape index (κ1) is 11.2. The normalized spacial score (nSPS) is 11.2. The molecule has 0 fully saturated rings. The highest BCUT2D eigenvalue weighted by molar-refractivity contribution is 8.15. The Hall–Kier alpha value is -1.25. The third-order valence-corrected chi connectivity index (χ3v) is 4.61. The predicted molar refractivity (Wildman–Crippen MR) is 72.1 cm³/mol. The Morgan fingerprint density at radius 3 is 1.62 bits per heavy atom. The highest BCUT2D eigenvalue weighted by Gasteiger charge is 2.06. The molecule has 0 bridgehead atoms. The summed E-state index contributed by atoms with van der Waals surface area (Å²) in [4.78, 5) is 2.76. The molecule has 2 aromatic rings. The van der Waals surface area contributed by atoms with E-state index in [0.29, 0.717) is 0 Å². The molecule has 2 rings (SSSR count). The van der Waals surface area contributed by atoms with Gasteiger partial charge in [0.2, 0.25) is 0 Å². The first-order chi connectivity index (χ1) is 7.92. The Morgan fingerprint density at radius 2 is 1.25 bits per heavy atom. The van der Waals surface area contributed by atoms with E-state index in [4.69, 9.17) is 0 Å². The van der Waals surface area contributed by atoms with Gasteiger partial charge in [-0.15, -0.1) is 11.1 Å². The van der Waals surface area contributed by atoms with Crippen LogP contribution in [0.25, 0.3) is 0 Å². The molecule has 0 amide bonds. The highest BCUT2D eigenvalue weighted by Crippen LogP contribution is 2.40. The monoisotopic (exact) mass is 231 g/mol. The molecule has 2 aromatic carbocycles. The lowest BCUT2D eigenvalue weighted by molar-refractivity contribution is 1.02. The smallest absolute Gasteiger partial charge is 0.00370 e. The lowest BCUT2D eigenvalue weighted by atomic mass is 10.4. The fourth-order valence-electron chi connectivity index (χ4n) is 1.64. The van der Waals surface area contributed by atoms with Gasteiger partial charge in [-0.1, -0.05) is 43.3 Å². The molecule has 0 atom stereocenters. The summed E-state index contributed by atoms with van der Waals surface area (Å²) in [6, 6.07) is 21.3. The van der Waals surface area contributed by atoms with Crippen molar-refractivity contribution in [3.8, 4) is 0 Å². The van der Waals surface area contributed by atoms with Crippen molar-refractivity contribution < 1.29 is 0 Å². The van der Waals surface area contributed by atoms with Crippen molar-refractivity contribution in [2.75, 3.05) is 6.54 Å². The minimum Gasteiger partial charge on any atom is -0.276 e. The highest BCUT2D eigenvalue weighted by atomic mass is 32.2. The van der Waals surface area contributed by atoms with Crippen LogP contribution in [0.4, 0.5) is 0 Å². The molecule has 0 aromatic heterocycles. The maximum Gasteiger partial charge on any atom is 0.00370 e. The molecule has 0 spiro atoms. The second kappa shape index (κ2) is 5.73. The van der Waals surface area contributed by atoms with Crippen LogP contribution in [0, 0.1) is 0 Å². The molecule has 0 radical (unpaired) electrons. The minimum atomic E-state index is -0.401. The van der Waals surface area contributed by atoms with Crippen LogP contribution in [0.2, 0.25) is 0 Å². The molecule has 0 saturated heterocycles. The Kier molecular flexibility index (Phi) is 4.03. The van der Waals surface area contributed by atoms with Gasteiger partial charge in [0.1, 0.15) is 0 Å². The van der Waals surface area contributed by atoms with Gasteiger partial charge in [-0.2, -0.15) is 0 Å². The van der Waals surface area contributed by atoms with Gasteiger partial charge in [0, 0.05) is 16.3 Å². The van der Waals surface area contributed by atoms with Crippen molar-refractivity contribution in [3.05, 3.63) is 60.7 Å². The fourth-order valence-corrected chi connectivity index (χ4v) is 3.56. The van der Waals surface area contributed by atoms with Crippen LogP contribution < -0.4 is 4.72 Å². The van der Waals surface area contributed by atoms with Crippen LogP contribution in [0.3, 0.4) is 0 Å². The molecule has 84 valence electrons. The van der Waals surface area contributed by atoms with Crippen LogP contribution in [-0.2, 0) is 0 Å². The summed E-state index contributed by atoms with van der Waals surface area (Å²) in [6.45, 7) is 3.15. The van der Waals surface area contributed by atoms with Crippen LogP contribution in [0.1, 0.15) is 6.92 Å². The number of thiol groups is 1. The molecule has 1 nitrogen and oxygen atoms in total. The average molecular weight is 231 g/mol. The summed E-state index contributed by atoms with van der Waals surface area (Å²) in [5, 5.41) is 0. The summed E-state index contributed by atoms with van der Waals surface area (Å²) in [7, 11) is 0. The van der Waals surface area contributed by atoms with Gasteiger partial charge >= 0.3 is 0 Å². The first-order valence-corrected chi connectivity index (χ1v) is 6.89. The van der Waals surface area contributed by atoms with E-state index in [-0.39, 0.29) is 0 Å². The van der Waals surface area contributed by atoms with Gasteiger partial charge in [0.15, 0.2) is 0 Å². The van der Waals surface area contributed by atoms with Crippen LogP contribution >= 0.6 is 11.1 Å². The number of nitrogens with one attached hydrogen (secondary N) is 1. The van der Waals surface area contributed by atoms with Crippen LogP contribution in [-0.4, -0.2) is 6.54 Å². The minimum absolute atomic E-state index is 0.401. The zero-order valence-electron chi connectivity index (χ0n) is 9.43. The molecule has 0 aliphatic carbocycles. The molecule has 0 aliphatic heterocycles. The lowest BCUT2D eigenvalue weighted by Gasteiger charge is -2.23. The van der Waals surface area contributed by atoms with Crippen molar-refractivity contribution in [2.24, 2.45) is 0 Å². The summed E-state index contributed by atoms with van der Waals surface area (Å²) < 4.78 is 3.58. The molecule has 0 aliphatic rings. The molecule has 16 heavy (non-hydrogen) atoms. The summed E-state index contributed by atoms with van der Waals surface area (Å²) in [5.41, 5.74) is 0. The molecular weight excluding hydrogens is 214 g/mol. The molecule has 0 heterocycles. The van der Waals surface area contributed by atoms with E-state index in [1.54, 1.807) is 0 Å². The molecule has 1 N–H and O–H groups in total. The van der Waals surface area contributed by atoms with Crippen LogP contribution in [0.15, 0.2) is 70.5 Å². The second-order valence-corrected chi connectivity index (χ2v) is 5.54. The Bertz CT molecular complexity index is 374. The van der Waals surface area contributed by atoms with E-state index in [2.05, 4.69) is 72.3 Å². The number of hydrogen-bond donors (Lipinski definition) is 2. The average Bonchev–Trinajstić information content (AvgIpc) is 2.38. The second-order valence-electron chi connectivity index (χ2n) is 3.52. The van der Waals surface area contributed by atoms with Gasteiger partial charge in [-0.05, 0) is 24.3 Å². The first-order valence-electron chi connectivity index (χ1n) is 5.55. The van der Waals surface area contributed by atoms with E-state index < -0.39 is 11.1 Å². The maximum atomic E-state index is 3.58. The summed E-state index contributed by atoms with van der Waals surface area (Å²) >= 11 is -0.401. The maximum absolute atomic E-state index is 3.58. The van der Waals surface area contributed by atoms with E-state index in [9.17, 15) is 0 Å². The Labute approximate surface area is 100.0 Å². The van der Waals surface area contributed by atoms with Crippen molar-refractivity contribution in [2.45, 2.75) is 16.7 Å². The SMILES string of the molecule is CCN[SH](c1ccccc1)c1ccccc1. The van der Waals surface area contributed by atoms with Crippen LogP contribution in [0.5, 0.6) is 0 Å². The largest absolute Gasteiger partial charge is 0.276 e. The van der Waals surface area contributed by atoms with Gasteiger partial charge in [0.25, 0.3) is 0 Å². The van der Waals surface area contributed by atoms with E-state index >= 15 is 0 Å². The number of hydrogen-bond acceptors (Lipinski definition) is 1. The number of rotatable bonds is 4. The van der Waals surface area contributed by atoms with Crippen molar-refractivity contribution in [3.63, 3.8) is 0 Å². The van der Waals surface area contributed by atoms with E-state index in [0.717, 1.165) is 6.54 Å². The van der Waals surface area contributed by atoms with E-state index in [1.807, 2.05) is 0 Å². The van der Waals surface area contributed by atoms with Gasteiger partial charge < -0.3 is 0 Å². The molecule has 2 heteroatoms. The molecule has 0 saturated carbocycles. The third kappa shape index (κ3) is 2.65. The zero-order valence-corrected chi connectivity index (χ0v) is 10.3. The summed E-state index contributed by atoms with van der Waals surface area (Å²) in [5.74, 6) is 0. The van der Waals surface area contributed by atoms with Crippen molar-refractivity contribution in [1.29, 1.82) is 0 Å². The van der Waals surface area contributed by atoms with Gasteiger partial charge in [0.05, 0.1) is 0 Å². The zero-order chi connectivity index (χ0) is 11.2. The Balaban J connectivity index is 2.31. The number of benzene rings is 2. The van der Waals surface area contributed by atoms with Crippen molar-refractivity contribution in [1.82, 2.24) is 4.72 Å².